The van der Waals surface area contributed by atoms with E-state index in [2.05, 4.69) is 13.1 Å². The molecule has 43 heavy (non-hydrogen) atoms. The quantitative estimate of drug-likeness (QED) is 0.130. The SMILES string of the molecule is CCCC[Si](C)(O)CCC(F)(F)F.C[SiH2]C.C[SiH](CCC(F)(F)F)O[Si](C)(CCC(F)(F)F)O[Si](C)(O)CCC(F)(F)F. The minimum absolute atomic E-state index is 0.0590. The molecule has 0 aromatic rings. The second kappa shape index (κ2) is 20.3. The van der Waals surface area contributed by atoms with Crippen LogP contribution in [0.5, 0.6) is 0 Å². The molecule has 0 spiro atoms. The molecule has 0 saturated carbocycles. The van der Waals surface area contributed by atoms with Crippen LogP contribution in [0.3, 0.4) is 0 Å². The van der Waals surface area contributed by atoms with Crippen molar-refractivity contribution in [2.24, 2.45) is 0 Å². The molecule has 2 N–H and O–H groups in total. The molecule has 0 rings (SSSR count). The molecule has 4 unspecified atom stereocenters. The maximum atomic E-state index is 12.5. The molecule has 264 valence electrons. The fraction of sp³-hybridized carbons (Fsp3) is 1.00. The predicted octanol–water partition coefficient (Wildman–Crippen LogP) is 8.92. The summed E-state index contributed by atoms with van der Waals surface area (Å²) in [5, 5.41) is 0. The molecular weight excluding hydrogens is 697 g/mol. The highest BCUT2D eigenvalue weighted by molar-refractivity contribution is 6.82. The van der Waals surface area contributed by atoms with Crippen molar-refractivity contribution in [1.82, 2.24) is 0 Å². The molecule has 4 atom stereocenters. The lowest BCUT2D eigenvalue weighted by Gasteiger charge is -2.36. The Balaban J connectivity index is -0.000000830. The van der Waals surface area contributed by atoms with Crippen molar-refractivity contribution in [3.63, 3.8) is 0 Å². The van der Waals surface area contributed by atoms with Crippen LogP contribution in [0.4, 0.5) is 52.7 Å². The average molecular weight is 745 g/mol. The molecule has 4 nitrogen and oxygen atoms in total. The maximum absolute atomic E-state index is 12.5. The zero-order valence-corrected chi connectivity index (χ0v) is 31.4. The van der Waals surface area contributed by atoms with Crippen molar-refractivity contribution < 1.29 is 70.5 Å². The summed E-state index contributed by atoms with van der Waals surface area (Å²) in [6, 6.07) is -1.40. The standard InChI is InChI=1S/C12H23F9O3Si3.C8H17F3OSi.C2H8Si/c1-25(7-4-10(13,14)15)23-27(3,9-6-12(19,20)21)24-26(2,22)8-5-11(16,17)18;1-3-4-6-13(2,12)7-5-8(9,10)11;1-3-2/h22,25H,4-9H2,1-3H3;12H,3-7H2,1-2H3;3H2,1-2H3. The van der Waals surface area contributed by atoms with Gasteiger partial charge < -0.3 is 17.8 Å². The number of halogens is 12. The van der Waals surface area contributed by atoms with Crippen LogP contribution in [0.25, 0.3) is 0 Å². The van der Waals surface area contributed by atoms with Gasteiger partial charge in [-0.05, 0) is 56.4 Å². The predicted molar refractivity (Wildman–Crippen MR) is 156 cm³/mol. The van der Waals surface area contributed by atoms with Gasteiger partial charge in [0.05, 0.1) is 0 Å². The van der Waals surface area contributed by atoms with Gasteiger partial charge in [0, 0.05) is 35.2 Å². The molecule has 0 amide bonds. The number of hydrogen-bond acceptors (Lipinski definition) is 4. The first-order valence-corrected chi connectivity index (χ1v) is 27.2. The molecule has 0 aromatic carbocycles. The summed E-state index contributed by atoms with van der Waals surface area (Å²) in [7, 11) is -12.6. The molecule has 0 heterocycles. The van der Waals surface area contributed by atoms with Gasteiger partial charge in [-0.3, -0.25) is 0 Å². The second-order valence-corrected chi connectivity index (χ2v) is 26.1. The summed E-state index contributed by atoms with van der Waals surface area (Å²) in [6.07, 6.45) is -20.8. The van der Waals surface area contributed by atoms with Crippen molar-refractivity contribution in [3.8, 4) is 0 Å². The smallest absolute Gasteiger partial charge is 0.389 e. The first-order valence-electron chi connectivity index (χ1n) is 14.0. The third kappa shape index (κ3) is 36.4. The van der Waals surface area contributed by atoms with Crippen LogP contribution in [0.1, 0.15) is 45.4 Å². The van der Waals surface area contributed by atoms with Crippen LogP contribution in [0, 0.1) is 0 Å². The Labute approximate surface area is 254 Å². The maximum Gasteiger partial charge on any atom is 0.389 e. The van der Waals surface area contributed by atoms with Crippen LogP contribution in [-0.4, -0.2) is 78.3 Å². The first-order chi connectivity index (χ1) is 18.9. The topological polar surface area (TPSA) is 58.9 Å². The Hall–Kier alpha value is 0.0844. The molecular formula is C22H48F12O4Si5. The Morgan fingerprint density at radius 2 is 1.02 bits per heavy atom. The minimum atomic E-state index is -4.60. The van der Waals surface area contributed by atoms with Crippen LogP contribution in [0.2, 0.25) is 69.5 Å². The number of unbranched alkanes of at least 4 members (excludes halogenated alkanes) is 1. The van der Waals surface area contributed by atoms with Gasteiger partial charge in [0.1, 0.15) is 0 Å². The van der Waals surface area contributed by atoms with Crippen molar-refractivity contribution in [1.29, 1.82) is 0 Å². The highest BCUT2D eigenvalue weighted by atomic mass is 28.5. The lowest BCUT2D eigenvalue weighted by atomic mass is 10.4. The Morgan fingerprint density at radius 3 is 1.40 bits per heavy atom. The molecule has 0 bridgehead atoms. The minimum Gasteiger partial charge on any atom is -0.439 e. The highest BCUT2D eigenvalue weighted by Gasteiger charge is 2.46. The summed E-state index contributed by atoms with van der Waals surface area (Å²) in [4.78, 5) is 19.8. The van der Waals surface area contributed by atoms with E-state index >= 15 is 0 Å². The van der Waals surface area contributed by atoms with Gasteiger partial charge in [0.2, 0.25) is 0 Å². The van der Waals surface area contributed by atoms with E-state index in [1.165, 1.54) is 6.55 Å². The van der Waals surface area contributed by atoms with E-state index < -0.39 is 103 Å². The van der Waals surface area contributed by atoms with E-state index in [0.717, 1.165) is 25.9 Å². The van der Waals surface area contributed by atoms with Gasteiger partial charge in [-0.2, -0.15) is 52.7 Å². The van der Waals surface area contributed by atoms with Crippen molar-refractivity contribution in [2.45, 2.75) is 140 Å². The molecule has 0 fully saturated rings. The monoisotopic (exact) mass is 744 g/mol. The molecule has 21 heteroatoms. The van der Waals surface area contributed by atoms with Crippen molar-refractivity contribution in [2.75, 3.05) is 0 Å². The summed E-state index contributed by atoms with van der Waals surface area (Å²) >= 11 is 0. The molecule has 0 radical (unpaired) electrons. The van der Waals surface area contributed by atoms with E-state index in [1.807, 2.05) is 6.92 Å². The van der Waals surface area contributed by atoms with Gasteiger partial charge in [-0.25, -0.2) is 0 Å². The molecule has 0 aliphatic rings. The summed E-state index contributed by atoms with van der Waals surface area (Å²) in [5.41, 5.74) is 0. The zero-order chi connectivity index (χ0) is 35.0. The largest absolute Gasteiger partial charge is 0.439 e. The first kappa shape index (κ1) is 47.5. The Kier molecular flexibility index (Phi) is 22.5. The zero-order valence-electron chi connectivity index (χ0n) is 25.8. The van der Waals surface area contributed by atoms with E-state index in [4.69, 9.17) is 8.23 Å². The highest BCUT2D eigenvalue weighted by Crippen LogP contribution is 2.33. The molecule has 0 saturated heterocycles. The van der Waals surface area contributed by atoms with Gasteiger partial charge >= 0.3 is 41.8 Å². The third-order valence-corrected chi connectivity index (χ3v) is 18.8. The van der Waals surface area contributed by atoms with E-state index in [0.29, 0.717) is 15.6 Å². The van der Waals surface area contributed by atoms with Crippen LogP contribution in [0.15, 0.2) is 0 Å². The Bertz CT molecular complexity index is 721. The van der Waals surface area contributed by atoms with Gasteiger partial charge in [0.15, 0.2) is 17.4 Å². The normalized spacial score (nSPS) is 17.8. The fourth-order valence-corrected chi connectivity index (χ4v) is 17.3. The van der Waals surface area contributed by atoms with E-state index in [9.17, 15) is 62.3 Å². The second-order valence-electron chi connectivity index (χ2n) is 11.1. The lowest BCUT2D eigenvalue weighted by molar-refractivity contribution is -0.132. The number of rotatable bonds is 15. The number of hydrogen-bond donors (Lipinski definition) is 2. The molecule has 0 aliphatic carbocycles. The third-order valence-electron chi connectivity index (χ3n) is 5.47. The van der Waals surface area contributed by atoms with Gasteiger partial charge in [-0.1, -0.05) is 32.9 Å². The summed E-state index contributed by atoms with van der Waals surface area (Å²) in [6.45, 7) is 11.6. The van der Waals surface area contributed by atoms with E-state index in [1.54, 1.807) is 6.55 Å². The molecule has 0 aromatic heterocycles. The van der Waals surface area contributed by atoms with E-state index in [-0.39, 0.29) is 6.04 Å². The lowest BCUT2D eigenvalue weighted by Crippen LogP contribution is -2.53. The summed E-state index contributed by atoms with van der Waals surface area (Å²) < 4.78 is 158. The average Bonchev–Trinajstić information content (AvgIpc) is 2.77. The van der Waals surface area contributed by atoms with Crippen LogP contribution >= 0.6 is 0 Å². The Morgan fingerprint density at radius 1 is 0.651 bits per heavy atom. The van der Waals surface area contributed by atoms with Gasteiger partial charge in [0.25, 0.3) is 0 Å². The van der Waals surface area contributed by atoms with Crippen molar-refractivity contribution >= 4 is 44.0 Å². The van der Waals surface area contributed by atoms with Crippen LogP contribution < -0.4 is 0 Å². The molecule has 0 aliphatic heterocycles. The summed E-state index contributed by atoms with van der Waals surface area (Å²) in [5.74, 6) is 0. The van der Waals surface area contributed by atoms with Crippen LogP contribution in [-0.2, 0) is 8.23 Å². The fourth-order valence-electron chi connectivity index (χ4n) is 3.34. The van der Waals surface area contributed by atoms with Gasteiger partial charge in [-0.15, -0.1) is 0 Å². The van der Waals surface area contributed by atoms with Crippen molar-refractivity contribution in [3.05, 3.63) is 0 Å². The number of alkyl halides is 12.